The summed E-state index contributed by atoms with van der Waals surface area (Å²) >= 11 is -2.16. The second-order valence-electron chi connectivity index (χ2n) is 8.13. The van der Waals surface area contributed by atoms with E-state index in [4.69, 9.17) is 0 Å². The first kappa shape index (κ1) is 26.4. The molecule has 0 bridgehead atoms. The molecule has 0 amide bonds. The Hall–Kier alpha value is -2.22. The summed E-state index contributed by atoms with van der Waals surface area (Å²) in [5.41, 5.74) is 3.06. The van der Waals surface area contributed by atoms with Gasteiger partial charge in [-0.2, -0.15) is 8.61 Å². The number of benzene rings is 1. The number of hydrogen-bond acceptors (Lipinski definition) is 7. The summed E-state index contributed by atoms with van der Waals surface area (Å²) in [5, 5.41) is 0. The molecule has 1 atom stereocenters. The Morgan fingerprint density at radius 3 is 2.29 bits per heavy atom. The van der Waals surface area contributed by atoms with Crippen LogP contribution in [0.5, 0.6) is 0 Å². The number of methoxy groups -OCH3 is 1. The van der Waals surface area contributed by atoms with Gasteiger partial charge in [-0.25, -0.2) is 17.4 Å². The van der Waals surface area contributed by atoms with Crippen LogP contribution in [0.25, 0.3) is 0 Å². The highest BCUT2D eigenvalue weighted by Crippen LogP contribution is 2.13. The third-order valence-corrected chi connectivity index (χ3v) is 7.74. The molecule has 10 nitrogen and oxygen atoms in total. The molecule has 0 aliphatic carbocycles. The molecule has 1 aromatic heterocycles. The fourth-order valence-corrected chi connectivity index (χ4v) is 5.01. The lowest BCUT2D eigenvalue weighted by Crippen LogP contribution is -2.47. The number of esters is 1. The summed E-state index contributed by atoms with van der Waals surface area (Å²) in [6, 6.07) is 11.3. The summed E-state index contributed by atoms with van der Waals surface area (Å²) in [6.07, 6.45) is 3.21. The van der Waals surface area contributed by atoms with Crippen LogP contribution in [-0.2, 0) is 45.5 Å². The van der Waals surface area contributed by atoms with Crippen molar-refractivity contribution in [1.29, 1.82) is 0 Å². The summed E-state index contributed by atoms with van der Waals surface area (Å²) < 4.78 is 52.3. The number of ether oxygens (including phenoxy) is 1. The van der Waals surface area contributed by atoms with Crippen LogP contribution in [0.3, 0.4) is 0 Å². The van der Waals surface area contributed by atoms with Crippen molar-refractivity contribution in [2.75, 3.05) is 46.1 Å². The molecule has 1 aromatic carbocycles. The minimum Gasteiger partial charge on any atom is -0.465 e. The van der Waals surface area contributed by atoms with E-state index in [1.807, 2.05) is 24.3 Å². The van der Waals surface area contributed by atoms with Crippen molar-refractivity contribution in [3.8, 4) is 0 Å². The van der Waals surface area contributed by atoms with E-state index in [0.717, 1.165) is 17.7 Å². The summed E-state index contributed by atoms with van der Waals surface area (Å²) in [6.45, 7) is 3.68. The van der Waals surface area contributed by atoms with Gasteiger partial charge in [0.1, 0.15) is 0 Å². The molecule has 2 aromatic rings. The SMILES string of the molecule is COC(=O)c1ccc(CN(CCc2ccc(CN3CCN(S(C)(=O)=O)CC3)cc2)S(=O)O)nc1. The van der Waals surface area contributed by atoms with E-state index in [1.54, 1.807) is 12.1 Å². The topological polar surface area (TPSA) is 120 Å². The molecule has 186 valence electrons. The van der Waals surface area contributed by atoms with Crippen LogP contribution in [0.1, 0.15) is 27.2 Å². The molecule has 0 radical (unpaired) electrons. The molecule has 1 aliphatic rings. The van der Waals surface area contributed by atoms with Gasteiger partial charge in [-0.3, -0.25) is 14.4 Å². The lowest BCUT2D eigenvalue weighted by atomic mass is 10.1. The van der Waals surface area contributed by atoms with Gasteiger partial charge in [-0.05, 0) is 29.7 Å². The third kappa shape index (κ3) is 7.65. The molecular weight excluding hydrogens is 480 g/mol. The van der Waals surface area contributed by atoms with Gasteiger partial charge in [0.05, 0.1) is 31.2 Å². The van der Waals surface area contributed by atoms with Gasteiger partial charge in [-0.1, -0.05) is 24.3 Å². The fourth-order valence-electron chi connectivity index (χ4n) is 3.69. The first-order chi connectivity index (χ1) is 16.2. The highest BCUT2D eigenvalue weighted by atomic mass is 32.2. The average molecular weight is 511 g/mol. The first-order valence-electron chi connectivity index (χ1n) is 10.8. The molecule has 0 spiro atoms. The Labute approximate surface area is 203 Å². The maximum Gasteiger partial charge on any atom is 0.339 e. The van der Waals surface area contributed by atoms with E-state index in [2.05, 4.69) is 14.6 Å². The minimum absolute atomic E-state index is 0.169. The van der Waals surface area contributed by atoms with Crippen molar-refractivity contribution in [2.45, 2.75) is 19.5 Å². The Balaban J connectivity index is 1.50. The molecular formula is C22H30N4O6S2. The van der Waals surface area contributed by atoms with Crippen LogP contribution in [-0.4, -0.2) is 87.7 Å². The van der Waals surface area contributed by atoms with Gasteiger partial charge < -0.3 is 4.74 Å². The molecule has 12 heteroatoms. The zero-order valence-electron chi connectivity index (χ0n) is 19.3. The maximum atomic E-state index is 11.8. The molecule has 0 saturated carbocycles. The van der Waals surface area contributed by atoms with Crippen LogP contribution in [0, 0.1) is 0 Å². The molecule has 1 unspecified atom stereocenters. The Morgan fingerprint density at radius 1 is 1.12 bits per heavy atom. The normalized spacial score (nSPS) is 16.5. The van der Waals surface area contributed by atoms with E-state index in [1.165, 1.54) is 28.2 Å². The number of hydrogen-bond donors (Lipinski definition) is 1. The molecule has 1 fully saturated rings. The number of pyridine rings is 1. The number of piperazine rings is 1. The average Bonchev–Trinajstić information content (AvgIpc) is 2.82. The van der Waals surface area contributed by atoms with E-state index >= 15 is 0 Å². The predicted octanol–water partition coefficient (Wildman–Crippen LogP) is 1.13. The van der Waals surface area contributed by atoms with Crippen molar-refractivity contribution in [3.63, 3.8) is 0 Å². The number of sulfonamides is 1. The Morgan fingerprint density at radius 2 is 1.76 bits per heavy atom. The second-order valence-corrected chi connectivity index (χ2v) is 11.1. The van der Waals surface area contributed by atoms with E-state index in [9.17, 15) is 22.0 Å². The first-order valence-corrected chi connectivity index (χ1v) is 13.7. The second kappa shape index (κ2) is 12.0. The molecule has 1 saturated heterocycles. The highest BCUT2D eigenvalue weighted by molar-refractivity contribution is 7.88. The number of aromatic nitrogens is 1. The summed E-state index contributed by atoms with van der Waals surface area (Å²) in [7, 11) is -1.84. The zero-order valence-corrected chi connectivity index (χ0v) is 20.9. The standard InChI is InChI=1S/C22H30N4O6S2/c1-32-22(27)20-7-8-21(23-15-20)17-25(33(28)29)10-9-18-3-5-19(6-4-18)16-24-11-13-26(14-12-24)34(2,30)31/h3-8,15H,9-14,16-17H2,1-2H3,(H,28,29). The van der Waals surface area contributed by atoms with Gasteiger partial charge in [0.2, 0.25) is 21.3 Å². The van der Waals surface area contributed by atoms with Crippen LogP contribution in [0.2, 0.25) is 0 Å². The fraction of sp³-hybridized carbons (Fsp3) is 0.455. The van der Waals surface area contributed by atoms with Crippen molar-refractivity contribution in [1.82, 2.24) is 18.5 Å². The van der Waals surface area contributed by atoms with Gasteiger partial charge >= 0.3 is 5.97 Å². The van der Waals surface area contributed by atoms with Crippen LogP contribution in [0.4, 0.5) is 0 Å². The highest BCUT2D eigenvalue weighted by Gasteiger charge is 2.23. The number of carbonyl (C=O) groups is 1. The smallest absolute Gasteiger partial charge is 0.339 e. The predicted molar refractivity (Wildman–Crippen MR) is 129 cm³/mol. The van der Waals surface area contributed by atoms with Crippen LogP contribution in [0.15, 0.2) is 42.6 Å². The number of carbonyl (C=O) groups excluding carboxylic acids is 1. The quantitative estimate of drug-likeness (QED) is 0.373. The van der Waals surface area contributed by atoms with Crippen molar-refractivity contribution < 1.29 is 26.7 Å². The van der Waals surface area contributed by atoms with E-state index < -0.39 is 27.3 Å². The lowest BCUT2D eigenvalue weighted by molar-refractivity contribution is 0.0600. The zero-order chi connectivity index (χ0) is 24.7. The van der Waals surface area contributed by atoms with Crippen molar-refractivity contribution in [2.24, 2.45) is 0 Å². The number of rotatable bonds is 10. The van der Waals surface area contributed by atoms with Gasteiger partial charge in [0.25, 0.3) is 0 Å². The van der Waals surface area contributed by atoms with E-state index in [-0.39, 0.29) is 6.54 Å². The molecule has 2 heterocycles. The monoisotopic (exact) mass is 510 g/mol. The van der Waals surface area contributed by atoms with Crippen LogP contribution >= 0.6 is 0 Å². The van der Waals surface area contributed by atoms with Crippen molar-refractivity contribution >= 4 is 27.3 Å². The molecule has 34 heavy (non-hydrogen) atoms. The maximum absolute atomic E-state index is 11.8. The lowest BCUT2D eigenvalue weighted by Gasteiger charge is -2.33. The largest absolute Gasteiger partial charge is 0.465 e. The molecule has 3 rings (SSSR count). The Bertz CT molecular complexity index is 1090. The number of nitrogens with zero attached hydrogens (tertiary/aromatic N) is 4. The summed E-state index contributed by atoms with van der Waals surface area (Å²) in [4.78, 5) is 17.9. The van der Waals surface area contributed by atoms with Gasteiger partial charge in [0, 0.05) is 45.5 Å². The van der Waals surface area contributed by atoms with Gasteiger partial charge in [0.15, 0.2) is 0 Å². The van der Waals surface area contributed by atoms with E-state index in [0.29, 0.717) is 50.4 Å². The molecule has 1 aliphatic heterocycles. The van der Waals surface area contributed by atoms with Gasteiger partial charge in [-0.15, -0.1) is 0 Å². The molecule has 1 N–H and O–H groups in total. The van der Waals surface area contributed by atoms with Crippen LogP contribution < -0.4 is 0 Å². The Kier molecular flexibility index (Phi) is 9.28. The van der Waals surface area contributed by atoms with Crippen molar-refractivity contribution in [3.05, 3.63) is 65.0 Å². The summed E-state index contributed by atoms with van der Waals surface area (Å²) in [5.74, 6) is -0.485. The minimum atomic E-state index is -3.13. The third-order valence-electron chi connectivity index (χ3n) is 5.68.